The Kier molecular flexibility index (Phi) is 4.59. The lowest BCUT2D eigenvalue weighted by molar-refractivity contribution is 0.102. The Morgan fingerprint density at radius 1 is 0.862 bits per heavy atom. The number of para-hydroxylation sites is 1. The SMILES string of the molecule is O=C(Nc1nc(-c2ccccn2)cs1)c1cc(-c2cccs2)nc2ccccc12. The fraction of sp³-hybridized carbons (Fsp3) is 0. The highest BCUT2D eigenvalue weighted by Gasteiger charge is 2.16. The van der Waals surface area contributed by atoms with Gasteiger partial charge in [-0.25, -0.2) is 9.97 Å². The third kappa shape index (κ3) is 3.53. The van der Waals surface area contributed by atoms with Crippen molar-refractivity contribution >= 4 is 44.6 Å². The van der Waals surface area contributed by atoms with E-state index in [1.807, 2.05) is 71.4 Å². The number of hydrogen-bond acceptors (Lipinski definition) is 6. The summed E-state index contributed by atoms with van der Waals surface area (Å²) in [6, 6.07) is 19.2. The molecule has 7 heteroatoms. The molecule has 0 bridgehead atoms. The molecule has 0 unspecified atom stereocenters. The predicted molar refractivity (Wildman–Crippen MR) is 118 cm³/mol. The normalized spacial score (nSPS) is 10.9. The minimum atomic E-state index is -0.205. The zero-order chi connectivity index (χ0) is 19.6. The van der Waals surface area contributed by atoms with Crippen LogP contribution < -0.4 is 5.32 Å². The van der Waals surface area contributed by atoms with Crippen LogP contribution in [0.2, 0.25) is 0 Å². The summed E-state index contributed by atoms with van der Waals surface area (Å²) in [6.45, 7) is 0. The predicted octanol–water partition coefficient (Wildman–Crippen LogP) is 5.73. The fourth-order valence-corrected chi connectivity index (χ4v) is 4.43. The van der Waals surface area contributed by atoms with Gasteiger partial charge in [0.15, 0.2) is 5.13 Å². The van der Waals surface area contributed by atoms with E-state index in [1.165, 1.54) is 11.3 Å². The van der Waals surface area contributed by atoms with Crippen molar-refractivity contribution in [2.45, 2.75) is 0 Å². The number of thiophene rings is 1. The number of rotatable bonds is 4. The van der Waals surface area contributed by atoms with Crippen molar-refractivity contribution < 1.29 is 4.79 Å². The average molecular weight is 415 g/mol. The van der Waals surface area contributed by atoms with E-state index in [0.29, 0.717) is 10.7 Å². The van der Waals surface area contributed by atoms with Crippen LogP contribution in [0, 0.1) is 0 Å². The summed E-state index contributed by atoms with van der Waals surface area (Å²) < 4.78 is 0. The van der Waals surface area contributed by atoms with Gasteiger partial charge in [-0.15, -0.1) is 22.7 Å². The van der Waals surface area contributed by atoms with Gasteiger partial charge >= 0.3 is 0 Å². The Labute approximate surface area is 174 Å². The number of nitrogens with one attached hydrogen (secondary N) is 1. The summed E-state index contributed by atoms with van der Waals surface area (Å²) in [6.07, 6.45) is 1.72. The Hall–Kier alpha value is -3.42. The number of aromatic nitrogens is 3. The van der Waals surface area contributed by atoms with Gasteiger partial charge in [0.25, 0.3) is 5.91 Å². The first-order valence-corrected chi connectivity index (χ1v) is 10.7. The minimum absolute atomic E-state index is 0.205. The summed E-state index contributed by atoms with van der Waals surface area (Å²) in [5.41, 5.74) is 3.67. The number of hydrogen-bond donors (Lipinski definition) is 1. The molecule has 5 rings (SSSR count). The Bertz CT molecular complexity index is 1300. The Morgan fingerprint density at radius 3 is 2.59 bits per heavy atom. The lowest BCUT2D eigenvalue weighted by Crippen LogP contribution is -2.13. The summed E-state index contributed by atoms with van der Waals surface area (Å²) >= 11 is 2.98. The Balaban J connectivity index is 1.50. The molecule has 140 valence electrons. The molecule has 0 radical (unpaired) electrons. The quantitative estimate of drug-likeness (QED) is 0.407. The molecule has 0 aliphatic rings. The monoisotopic (exact) mass is 414 g/mol. The van der Waals surface area contributed by atoms with Crippen LogP contribution in [0.3, 0.4) is 0 Å². The first kappa shape index (κ1) is 17.7. The van der Waals surface area contributed by atoms with Crippen LogP contribution in [-0.4, -0.2) is 20.9 Å². The van der Waals surface area contributed by atoms with Crippen molar-refractivity contribution in [1.29, 1.82) is 0 Å². The smallest absolute Gasteiger partial charge is 0.258 e. The maximum Gasteiger partial charge on any atom is 0.258 e. The summed E-state index contributed by atoms with van der Waals surface area (Å²) in [5.74, 6) is -0.205. The van der Waals surface area contributed by atoms with Crippen LogP contribution in [0.5, 0.6) is 0 Å². The van der Waals surface area contributed by atoms with E-state index >= 15 is 0 Å². The molecule has 0 aliphatic carbocycles. The van der Waals surface area contributed by atoms with E-state index in [9.17, 15) is 4.79 Å². The molecule has 1 aromatic carbocycles. The topological polar surface area (TPSA) is 67.8 Å². The molecular weight excluding hydrogens is 400 g/mol. The van der Waals surface area contributed by atoms with Crippen molar-refractivity contribution in [1.82, 2.24) is 15.0 Å². The zero-order valence-corrected chi connectivity index (χ0v) is 16.7. The highest BCUT2D eigenvalue weighted by Crippen LogP contribution is 2.29. The Morgan fingerprint density at radius 2 is 1.76 bits per heavy atom. The molecular formula is C22H14N4OS2. The van der Waals surface area contributed by atoms with Crippen LogP contribution in [0.1, 0.15) is 10.4 Å². The van der Waals surface area contributed by atoms with E-state index in [4.69, 9.17) is 4.98 Å². The number of carbonyl (C=O) groups excluding carboxylic acids is 1. The van der Waals surface area contributed by atoms with Gasteiger partial charge < -0.3 is 0 Å². The molecule has 4 aromatic heterocycles. The van der Waals surface area contributed by atoms with E-state index in [-0.39, 0.29) is 5.91 Å². The van der Waals surface area contributed by atoms with Gasteiger partial charge in [-0.1, -0.05) is 30.3 Å². The van der Waals surface area contributed by atoms with Crippen LogP contribution in [0.4, 0.5) is 5.13 Å². The van der Waals surface area contributed by atoms with Crippen molar-refractivity contribution in [3.8, 4) is 22.0 Å². The number of nitrogens with zero attached hydrogens (tertiary/aromatic N) is 3. The molecule has 0 fully saturated rings. The summed E-state index contributed by atoms with van der Waals surface area (Å²) in [7, 11) is 0. The first-order valence-electron chi connectivity index (χ1n) is 8.90. The molecule has 0 saturated heterocycles. The molecule has 0 aliphatic heterocycles. The molecule has 0 atom stereocenters. The van der Waals surface area contributed by atoms with Gasteiger partial charge in [0.2, 0.25) is 0 Å². The second-order valence-electron chi connectivity index (χ2n) is 6.26. The first-order chi connectivity index (χ1) is 14.3. The minimum Gasteiger partial charge on any atom is -0.298 e. The molecule has 0 spiro atoms. The molecule has 0 saturated carbocycles. The number of anilines is 1. The summed E-state index contributed by atoms with van der Waals surface area (Å²) in [5, 5.41) is 8.17. The molecule has 1 amide bonds. The van der Waals surface area contributed by atoms with Crippen LogP contribution in [0.25, 0.3) is 32.9 Å². The second-order valence-corrected chi connectivity index (χ2v) is 8.06. The lowest BCUT2D eigenvalue weighted by atomic mass is 10.1. The third-order valence-electron chi connectivity index (χ3n) is 4.39. The maximum absolute atomic E-state index is 13.1. The van der Waals surface area contributed by atoms with Crippen molar-refractivity contribution in [2.75, 3.05) is 5.32 Å². The van der Waals surface area contributed by atoms with Crippen LogP contribution >= 0.6 is 22.7 Å². The number of benzene rings is 1. The van der Waals surface area contributed by atoms with Crippen molar-refractivity contribution in [3.63, 3.8) is 0 Å². The number of pyridine rings is 2. The highest BCUT2D eigenvalue weighted by molar-refractivity contribution is 7.14. The highest BCUT2D eigenvalue weighted by atomic mass is 32.1. The fourth-order valence-electron chi connectivity index (χ4n) is 3.04. The van der Waals surface area contributed by atoms with Gasteiger partial charge in [-0.2, -0.15) is 0 Å². The van der Waals surface area contributed by atoms with E-state index in [2.05, 4.69) is 15.3 Å². The molecule has 4 heterocycles. The van der Waals surface area contributed by atoms with Gasteiger partial charge in [0.1, 0.15) is 5.69 Å². The second kappa shape index (κ2) is 7.54. The van der Waals surface area contributed by atoms with E-state index < -0.39 is 0 Å². The van der Waals surface area contributed by atoms with Gasteiger partial charge in [0.05, 0.1) is 27.3 Å². The lowest BCUT2D eigenvalue weighted by Gasteiger charge is -2.08. The third-order valence-corrected chi connectivity index (χ3v) is 6.04. The van der Waals surface area contributed by atoms with E-state index in [0.717, 1.165) is 32.9 Å². The van der Waals surface area contributed by atoms with Gasteiger partial charge in [0, 0.05) is 17.0 Å². The maximum atomic E-state index is 13.1. The molecule has 29 heavy (non-hydrogen) atoms. The van der Waals surface area contributed by atoms with Crippen LogP contribution in [-0.2, 0) is 0 Å². The van der Waals surface area contributed by atoms with Gasteiger partial charge in [-0.3, -0.25) is 15.1 Å². The average Bonchev–Trinajstić information content (AvgIpc) is 3.46. The van der Waals surface area contributed by atoms with Crippen LogP contribution in [0.15, 0.2) is 77.6 Å². The largest absolute Gasteiger partial charge is 0.298 e. The number of carbonyl (C=O) groups is 1. The molecule has 5 aromatic rings. The number of thiazole rings is 1. The standard InChI is InChI=1S/C22H14N4OS2/c27-21(26-22-25-19(13-29-22)17-8-3-4-10-23-17)15-12-18(20-9-5-11-28-20)24-16-7-2-1-6-14(15)16/h1-13H,(H,25,26,27). The van der Waals surface area contributed by atoms with Crippen molar-refractivity contribution in [2.24, 2.45) is 0 Å². The van der Waals surface area contributed by atoms with Gasteiger partial charge in [-0.05, 0) is 35.7 Å². The number of amides is 1. The summed E-state index contributed by atoms with van der Waals surface area (Å²) in [4.78, 5) is 27.7. The zero-order valence-electron chi connectivity index (χ0n) is 15.1. The van der Waals surface area contributed by atoms with E-state index in [1.54, 1.807) is 17.5 Å². The number of fused-ring (bicyclic) bond motifs is 1. The van der Waals surface area contributed by atoms with Crippen molar-refractivity contribution in [3.05, 3.63) is 83.2 Å². The molecule has 5 nitrogen and oxygen atoms in total. The molecule has 1 N–H and O–H groups in total.